The first-order valence-corrected chi connectivity index (χ1v) is 8.27. The highest BCUT2D eigenvalue weighted by atomic mass is 16.5. The van der Waals surface area contributed by atoms with E-state index < -0.39 is 5.91 Å². The van der Waals surface area contributed by atoms with Gasteiger partial charge in [0, 0.05) is 23.6 Å². The predicted molar refractivity (Wildman–Crippen MR) is 103 cm³/mol. The molecule has 2 aromatic carbocycles. The molecule has 0 atom stereocenters. The summed E-state index contributed by atoms with van der Waals surface area (Å²) in [5, 5.41) is 6.26. The number of carbonyl (C=O) groups is 2. The van der Waals surface area contributed by atoms with Crippen LogP contribution in [0, 0.1) is 6.92 Å². The molecule has 3 aromatic rings. The van der Waals surface area contributed by atoms with Crippen molar-refractivity contribution in [1.82, 2.24) is 0 Å². The van der Waals surface area contributed by atoms with Gasteiger partial charge < -0.3 is 24.5 Å². The van der Waals surface area contributed by atoms with Gasteiger partial charge in [-0.1, -0.05) is 0 Å². The van der Waals surface area contributed by atoms with Crippen LogP contribution in [0.25, 0.3) is 11.0 Å². The molecule has 0 saturated carbocycles. The molecule has 0 aliphatic heterocycles. The fourth-order valence-corrected chi connectivity index (χ4v) is 2.81. The fraction of sp³-hybridized carbons (Fsp3) is 0.200. The molecular weight excluding hydrogens is 348 g/mol. The highest BCUT2D eigenvalue weighted by molar-refractivity contribution is 6.07. The number of hydrogen-bond acceptors (Lipinski definition) is 5. The molecule has 27 heavy (non-hydrogen) atoms. The molecule has 0 aliphatic carbocycles. The van der Waals surface area contributed by atoms with E-state index in [2.05, 4.69) is 10.6 Å². The lowest BCUT2D eigenvalue weighted by Crippen LogP contribution is -2.13. The minimum absolute atomic E-state index is 0.199. The summed E-state index contributed by atoms with van der Waals surface area (Å²) in [7, 11) is 3.08. The molecule has 0 bridgehead atoms. The van der Waals surface area contributed by atoms with Crippen LogP contribution in [0.2, 0.25) is 0 Å². The summed E-state index contributed by atoms with van der Waals surface area (Å²) in [4.78, 5) is 24.0. The van der Waals surface area contributed by atoms with Crippen LogP contribution in [0.1, 0.15) is 23.0 Å². The Morgan fingerprint density at radius 3 is 2.44 bits per heavy atom. The number of nitrogens with one attached hydrogen (secondary N) is 2. The Hall–Kier alpha value is -3.48. The smallest absolute Gasteiger partial charge is 0.291 e. The van der Waals surface area contributed by atoms with Gasteiger partial charge in [-0.2, -0.15) is 0 Å². The van der Waals surface area contributed by atoms with Gasteiger partial charge in [-0.15, -0.1) is 0 Å². The summed E-state index contributed by atoms with van der Waals surface area (Å²) in [5.74, 6) is 0.724. The predicted octanol–water partition coefficient (Wildman–Crippen LogP) is 3.97. The van der Waals surface area contributed by atoms with Crippen molar-refractivity contribution in [3.05, 3.63) is 47.7 Å². The molecule has 7 nitrogen and oxygen atoms in total. The number of fused-ring (bicyclic) bond motifs is 1. The molecule has 2 amide bonds. The second-order valence-corrected chi connectivity index (χ2v) is 5.97. The number of benzene rings is 2. The summed E-state index contributed by atoms with van der Waals surface area (Å²) in [6.07, 6.45) is 0. The van der Waals surface area contributed by atoms with E-state index in [1.54, 1.807) is 37.4 Å². The number of anilines is 2. The van der Waals surface area contributed by atoms with Crippen LogP contribution in [0.3, 0.4) is 0 Å². The first-order valence-electron chi connectivity index (χ1n) is 8.27. The standard InChI is InChI=1S/C20H20N2O5/c1-11-15-10-14(25-3)6-8-17(15)27-19(11)20(24)22-16-9-13(21-12(2)23)5-7-18(16)26-4/h5-10H,1-4H3,(H,21,23)(H,22,24). The van der Waals surface area contributed by atoms with Gasteiger partial charge in [-0.05, 0) is 43.3 Å². The molecule has 1 heterocycles. The Balaban J connectivity index is 1.94. The molecule has 3 rings (SSSR count). The molecule has 7 heteroatoms. The Kier molecular flexibility index (Phi) is 5.03. The normalized spacial score (nSPS) is 10.5. The Labute approximate surface area is 156 Å². The van der Waals surface area contributed by atoms with Gasteiger partial charge in [0.25, 0.3) is 5.91 Å². The van der Waals surface area contributed by atoms with E-state index in [0.717, 1.165) is 5.39 Å². The summed E-state index contributed by atoms with van der Waals surface area (Å²) in [6.45, 7) is 3.22. The maximum Gasteiger partial charge on any atom is 0.291 e. The zero-order valence-corrected chi connectivity index (χ0v) is 15.5. The van der Waals surface area contributed by atoms with Crippen LogP contribution in [0.15, 0.2) is 40.8 Å². The van der Waals surface area contributed by atoms with E-state index in [1.807, 2.05) is 13.0 Å². The number of furan rings is 1. The van der Waals surface area contributed by atoms with Crippen LogP contribution in [-0.4, -0.2) is 26.0 Å². The third-order valence-electron chi connectivity index (χ3n) is 4.12. The molecule has 0 unspecified atom stereocenters. The lowest BCUT2D eigenvalue weighted by atomic mass is 10.1. The van der Waals surface area contributed by atoms with E-state index in [0.29, 0.717) is 34.0 Å². The Morgan fingerprint density at radius 2 is 1.78 bits per heavy atom. The average Bonchev–Trinajstić information content (AvgIpc) is 2.97. The van der Waals surface area contributed by atoms with Crippen molar-refractivity contribution in [1.29, 1.82) is 0 Å². The van der Waals surface area contributed by atoms with E-state index in [1.165, 1.54) is 14.0 Å². The third-order valence-corrected chi connectivity index (χ3v) is 4.12. The first kappa shape index (κ1) is 18.3. The minimum atomic E-state index is -0.416. The average molecular weight is 368 g/mol. The fourth-order valence-electron chi connectivity index (χ4n) is 2.81. The van der Waals surface area contributed by atoms with Crippen molar-refractivity contribution < 1.29 is 23.5 Å². The van der Waals surface area contributed by atoms with Crippen LogP contribution in [0.5, 0.6) is 11.5 Å². The van der Waals surface area contributed by atoms with Gasteiger partial charge in [-0.25, -0.2) is 0 Å². The van der Waals surface area contributed by atoms with Crippen LogP contribution in [-0.2, 0) is 4.79 Å². The van der Waals surface area contributed by atoms with Crippen molar-refractivity contribution in [2.24, 2.45) is 0 Å². The van der Waals surface area contributed by atoms with Crippen LogP contribution >= 0.6 is 0 Å². The maximum atomic E-state index is 12.8. The second kappa shape index (κ2) is 7.41. The summed E-state index contributed by atoms with van der Waals surface area (Å²) in [5.41, 5.74) is 2.27. The zero-order chi connectivity index (χ0) is 19.6. The summed E-state index contributed by atoms with van der Waals surface area (Å²) in [6, 6.07) is 10.3. The molecule has 1 aromatic heterocycles. The SMILES string of the molecule is COc1ccc2oc(C(=O)Nc3cc(NC(C)=O)ccc3OC)c(C)c2c1. The molecule has 140 valence electrons. The van der Waals surface area contributed by atoms with E-state index in [-0.39, 0.29) is 11.7 Å². The van der Waals surface area contributed by atoms with Gasteiger partial charge in [0.1, 0.15) is 17.1 Å². The zero-order valence-electron chi connectivity index (χ0n) is 15.5. The topological polar surface area (TPSA) is 89.8 Å². The number of aryl methyl sites for hydroxylation is 1. The number of amides is 2. The highest BCUT2D eigenvalue weighted by Gasteiger charge is 2.20. The number of carbonyl (C=O) groups excluding carboxylic acids is 2. The van der Waals surface area contributed by atoms with Gasteiger partial charge in [0.2, 0.25) is 5.91 Å². The van der Waals surface area contributed by atoms with Crippen molar-refractivity contribution >= 4 is 34.2 Å². The van der Waals surface area contributed by atoms with Crippen LogP contribution in [0.4, 0.5) is 11.4 Å². The summed E-state index contributed by atoms with van der Waals surface area (Å²) >= 11 is 0. The van der Waals surface area contributed by atoms with Crippen molar-refractivity contribution in [3.8, 4) is 11.5 Å². The van der Waals surface area contributed by atoms with E-state index in [9.17, 15) is 9.59 Å². The third kappa shape index (κ3) is 3.72. The molecule has 0 aliphatic rings. The molecule has 0 spiro atoms. The second-order valence-electron chi connectivity index (χ2n) is 5.97. The largest absolute Gasteiger partial charge is 0.497 e. The van der Waals surface area contributed by atoms with E-state index >= 15 is 0 Å². The molecular formula is C20H20N2O5. The molecule has 0 fully saturated rings. The van der Waals surface area contributed by atoms with Crippen molar-refractivity contribution in [2.45, 2.75) is 13.8 Å². The number of rotatable bonds is 5. The number of hydrogen-bond donors (Lipinski definition) is 2. The van der Waals surface area contributed by atoms with Crippen molar-refractivity contribution in [3.63, 3.8) is 0 Å². The van der Waals surface area contributed by atoms with Gasteiger partial charge in [-0.3, -0.25) is 9.59 Å². The number of ether oxygens (including phenoxy) is 2. The number of methoxy groups -OCH3 is 2. The first-order chi connectivity index (χ1) is 12.9. The monoisotopic (exact) mass is 368 g/mol. The van der Waals surface area contributed by atoms with Crippen LogP contribution < -0.4 is 20.1 Å². The molecule has 0 radical (unpaired) electrons. The Morgan fingerprint density at radius 1 is 1.00 bits per heavy atom. The van der Waals surface area contributed by atoms with E-state index in [4.69, 9.17) is 13.9 Å². The lowest BCUT2D eigenvalue weighted by molar-refractivity contribution is -0.114. The Bertz CT molecular complexity index is 1020. The molecule has 2 N–H and O–H groups in total. The highest BCUT2D eigenvalue weighted by Crippen LogP contribution is 2.31. The quantitative estimate of drug-likeness (QED) is 0.711. The maximum absolute atomic E-state index is 12.8. The van der Waals surface area contributed by atoms with Crippen molar-refractivity contribution in [2.75, 3.05) is 24.9 Å². The summed E-state index contributed by atoms with van der Waals surface area (Å²) < 4.78 is 16.2. The van der Waals surface area contributed by atoms with Gasteiger partial charge in [0.05, 0.1) is 19.9 Å². The lowest BCUT2D eigenvalue weighted by Gasteiger charge is -2.12. The minimum Gasteiger partial charge on any atom is -0.497 e. The van der Waals surface area contributed by atoms with Gasteiger partial charge >= 0.3 is 0 Å². The molecule has 0 saturated heterocycles. The van der Waals surface area contributed by atoms with Gasteiger partial charge in [0.15, 0.2) is 5.76 Å².